The summed E-state index contributed by atoms with van der Waals surface area (Å²) in [4.78, 5) is 11.7. The number of hydrogen-bond acceptors (Lipinski definition) is 2. The molecule has 22 heavy (non-hydrogen) atoms. The second kappa shape index (κ2) is 8.01. The van der Waals surface area contributed by atoms with Crippen LogP contribution in [0.15, 0.2) is 42.5 Å². The van der Waals surface area contributed by atoms with Gasteiger partial charge in [-0.2, -0.15) is 0 Å². The zero-order chi connectivity index (χ0) is 15.9. The molecule has 0 unspecified atom stereocenters. The van der Waals surface area contributed by atoms with Gasteiger partial charge in [0, 0.05) is 10.0 Å². The molecule has 0 aliphatic rings. The summed E-state index contributed by atoms with van der Waals surface area (Å²) in [6.45, 7) is 0.646. The van der Waals surface area contributed by atoms with E-state index in [4.69, 9.17) is 27.9 Å². The molecule has 0 saturated heterocycles. The molecule has 0 heterocycles. The minimum Gasteiger partial charge on any atom is -0.492 e. The smallest absolute Gasteiger partial charge is 0.224 e. The first-order chi connectivity index (χ1) is 10.5. The van der Waals surface area contributed by atoms with Crippen molar-refractivity contribution in [2.24, 2.45) is 0 Å². The summed E-state index contributed by atoms with van der Waals surface area (Å²) >= 11 is 11.4. The van der Waals surface area contributed by atoms with Crippen LogP contribution in [0.4, 0.5) is 4.39 Å². The Morgan fingerprint density at radius 2 is 1.77 bits per heavy atom. The summed E-state index contributed by atoms with van der Waals surface area (Å²) in [5.74, 6) is -0.0941. The third-order valence-electron chi connectivity index (χ3n) is 2.87. The van der Waals surface area contributed by atoms with Crippen molar-refractivity contribution in [3.8, 4) is 5.75 Å². The molecule has 0 bridgehead atoms. The average molecular weight is 342 g/mol. The van der Waals surface area contributed by atoms with Crippen molar-refractivity contribution in [3.05, 3.63) is 63.9 Å². The number of amides is 1. The number of carbonyl (C=O) groups is 1. The van der Waals surface area contributed by atoms with E-state index in [0.29, 0.717) is 34.5 Å². The van der Waals surface area contributed by atoms with Crippen LogP contribution < -0.4 is 10.1 Å². The minimum atomic E-state index is -0.486. The molecule has 0 aliphatic carbocycles. The number of rotatable bonds is 6. The zero-order valence-electron chi connectivity index (χ0n) is 11.6. The van der Waals surface area contributed by atoms with Crippen LogP contribution in [0, 0.1) is 5.82 Å². The van der Waals surface area contributed by atoms with Gasteiger partial charge in [0.2, 0.25) is 5.91 Å². The van der Waals surface area contributed by atoms with Crippen LogP contribution in [0.5, 0.6) is 5.75 Å². The summed E-state index contributed by atoms with van der Waals surface area (Å²) < 4.78 is 19.0. The highest BCUT2D eigenvalue weighted by molar-refractivity contribution is 6.30. The predicted octanol–water partition coefficient (Wildman–Crippen LogP) is 3.87. The fourth-order valence-corrected chi connectivity index (χ4v) is 2.08. The number of benzene rings is 2. The van der Waals surface area contributed by atoms with E-state index in [2.05, 4.69) is 5.32 Å². The second-order valence-corrected chi connectivity index (χ2v) is 5.44. The highest BCUT2D eigenvalue weighted by atomic mass is 35.5. The normalized spacial score (nSPS) is 10.3. The van der Waals surface area contributed by atoms with E-state index in [9.17, 15) is 9.18 Å². The molecule has 3 nitrogen and oxygen atoms in total. The maximum atomic E-state index is 13.6. The Bertz CT molecular complexity index is 647. The molecular formula is C16H14Cl2FNO2. The highest BCUT2D eigenvalue weighted by Gasteiger charge is 2.08. The topological polar surface area (TPSA) is 38.3 Å². The van der Waals surface area contributed by atoms with Gasteiger partial charge in [-0.05, 0) is 42.0 Å². The first-order valence-electron chi connectivity index (χ1n) is 6.63. The van der Waals surface area contributed by atoms with Crippen LogP contribution in [0.1, 0.15) is 5.56 Å². The Morgan fingerprint density at radius 1 is 1.09 bits per heavy atom. The van der Waals surface area contributed by atoms with E-state index < -0.39 is 5.82 Å². The fraction of sp³-hybridized carbons (Fsp3) is 0.188. The molecule has 2 aromatic rings. The molecule has 1 amide bonds. The van der Waals surface area contributed by atoms with Gasteiger partial charge >= 0.3 is 0 Å². The molecule has 116 valence electrons. The van der Waals surface area contributed by atoms with Crippen LogP contribution in [-0.2, 0) is 11.2 Å². The van der Waals surface area contributed by atoms with Gasteiger partial charge in [0.1, 0.15) is 18.2 Å². The van der Waals surface area contributed by atoms with Crippen molar-refractivity contribution in [3.63, 3.8) is 0 Å². The number of halogens is 3. The molecule has 0 aliphatic heterocycles. The van der Waals surface area contributed by atoms with E-state index in [1.54, 1.807) is 30.3 Å². The molecule has 0 spiro atoms. The Balaban J connectivity index is 1.72. The van der Waals surface area contributed by atoms with Crippen molar-refractivity contribution < 1.29 is 13.9 Å². The van der Waals surface area contributed by atoms with Crippen LogP contribution in [0.25, 0.3) is 0 Å². The lowest BCUT2D eigenvalue weighted by molar-refractivity contribution is -0.120. The number of hydrogen-bond donors (Lipinski definition) is 1. The van der Waals surface area contributed by atoms with Gasteiger partial charge in [-0.25, -0.2) is 4.39 Å². The summed E-state index contributed by atoms with van der Waals surface area (Å²) in [5.41, 5.74) is 0.306. The predicted molar refractivity (Wildman–Crippen MR) is 85.1 cm³/mol. The van der Waals surface area contributed by atoms with Crippen molar-refractivity contribution in [2.75, 3.05) is 13.2 Å². The Hall–Kier alpha value is -1.78. The number of ether oxygens (including phenoxy) is 1. The highest BCUT2D eigenvalue weighted by Crippen LogP contribution is 2.16. The maximum absolute atomic E-state index is 13.6. The molecule has 1 N–H and O–H groups in total. The molecule has 0 radical (unpaired) electrons. The van der Waals surface area contributed by atoms with Crippen LogP contribution >= 0.6 is 23.2 Å². The van der Waals surface area contributed by atoms with E-state index in [-0.39, 0.29) is 12.3 Å². The van der Waals surface area contributed by atoms with Gasteiger partial charge in [-0.15, -0.1) is 0 Å². The number of carbonyl (C=O) groups excluding carboxylic acids is 1. The fourth-order valence-electron chi connectivity index (χ4n) is 1.79. The van der Waals surface area contributed by atoms with Crippen molar-refractivity contribution in [1.29, 1.82) is 0 Å². The molecule has 0 fully saturated rings. The molecule has 0 saturated carbocycles. The zero-order valence-corrected chi connectivity index (χ0v) is 13.1. The lowest BCUT2D eigenvalue weighted by Gasteiger charge is -2.08. The molecule has 6 heteroatoms. The van der Waals surface area contributed by atoms with E-state index in [1.165, 1.54) is 12.1 Å². The molecule has 0 aromatic heterocycles. The van der Waals surface area contributed by atoms with Gasteiger partial charge in [-0.3, -0.25) is 4.79 Å². The number of nitrogens with one attached hydrogen (secondary N) is 1. The van der Waals surface area contributed by atoms with Gasteiger partial charge < -0.3 is 10.1 Å². The monoisotopic (exact) mass is 341 g/mol. The second-order valence-electron chi connectivity index (χ2n) is 4.56. The Morgan fingerprint density at radius 3 is 2.45 bits per heavy atom. The lowest BCUT2D eigenvalue weighted by atomic mass is 10.1. The van der Waals surface area contributed by atoms with Gasteiger partial charge in [0.05, 0.1) is 13.0 Å². The van der Waals surface area contributed by atoms with E-state index in [0.717, 1.165) is 0 Å². The quantitative estimate of drug-likeness (QED) is 0.810. The largest absolute Gasteiger partial charge is 0.492 e. The summed E-state index contributed by atoms with van der Waals surface area (Å²) in [5, 5.41) is 3.60. The SMILES string of the molecule is O=C(Cc1ccc(Cl)cc1F)NCCOc1ccc(Cl)cc1. The minimum absolute atomic E-state index is 0.0378. The van der Waals surface area contributed by atoms with E-state index >= 15 is 0 Å². The first kappa shape index (κ1) is 16.6. The third-order valence-corrected chi connectivity index (χ3v) is 3.36. The standard InChI is InChI=1S/C16H14Cl2FNO2/c17-12-3-5-14(6-4-12)22-8-7-20-16(21)9-11-1-2-13(18)10-15(11)19/h1-6,10H,7-9H2,(H,20,21). The van der Waals surface area contributed by atoms with E-state index in [1.807, 2.05) is 0 Å². The molecule has 2 aromatic carbocycles. The Labute approximate surface area is 138 Å². The van der Waals surface area contributed by atoms with Crippen molar-refractivity contribution in [1.82, 2.24) is 5.32 Å². The summed E-state index contributed by atoms with van der Waals surface area (Å²) in [7, 11) is 0. The lowest BCUT2D eigenvalue weighted by Crippen LogP contribution is -2.29. The van der Waals surface area contributed by atoms with Gasteiger partial charge in [-0.1, -0.05) is 29.3 Å². The molecular weight excluding hydrogens is 328 g/mol. The van der Waals surface area contributed by atoms with Crippen LogP contribution in [0.2, 0.25) is 10.0 Å². The first-order valence-corrected chi connectivity index (χ1v) is 7.39. The van der Waals surface area contributed by atoms with Gasteiger partial charge in [0.15, 0.2) is 0 Å². The van der Waals surface area contributed by atoms with Crippen LogP contribution in [0.3, 0.4) is 0 Å². The maximum Gasteiger partial charge on any atom is 0.224 e. The van der Waals surface area contributed by atoms with Gasteiger partial charge in [0.25, 0.3) is 0 Å². The molecule has 0 atom stereocenters. The Kier molecular flexibility index (Phi) is 6.04. The summed E-state index contributed by atoms with van der Waals surface area (Å²) in [6, 6.07) is 11.2. The van der Waals surface area contributed by atoms with Crippen LogP contribution in [-0.4, -0.2) is 19.1 Å². The van der Waals surface area contributed by atoms with Crippen molar-refractivity contribution in [2.45, 2.75) is 6.42 Å². The summed E-state index contributed by atoms with van der Waals surface area (Å²) in [6.07, 6.45) is -0.0378. The molecule has 2 rings (SSSR count). The average Bonchev–Trinajstić information content (AvgIpc) is 2.48. The third kappa shape index (κ3) is 5.20. The van der Waals surface area contributed by atoms with Crippen molar-refractivity contribution >= 4 is 29.1 Å².